The van der Waals surface area contributed by atoms with E-state index in [1.54, 1.807) is 29.2 Å². The zero-order valence-electron chi connectivity index (χ0n) is 10.7. The minimum absolute atomic E-state index is 0.0704. The molecule has 1 amide bonds. The zero-order chi connectivity index (χ0) is 14.3. The fourth-order valence-corrected chi connectivity index (χ4v) is 1.61. The Bertz CT molecular complexity index is 465. The predicted octanol–water partition coefficient (Wildman–Crippen LogP) is 1.24. The van der Waals surface area contributed by atoms with Crippen LogP contribution in [0.3, 0.4) is 0 Å². The highest BCUT2D eigenvalue weighted by Crippen LogP contribution is 2.09. The molecule has 0 radical (unpaired) electrons. The molecule has 2 N–H and O–H groups in total. The number of likely N-dealkylation sites (N-methyl/N-ethyl adjacent to an activating group) is 1. The average Bonchev–Trinajstić information content (AvgIpc) is 2.42. The van der Waals surface area contributed by atoms with E-state index >= 15 is 0 Å². The van der Waals surface area contributed by atoms with Crippen molar-refractivity contribution in [2.24, 2.45) is 0 Å². The molecule has 0 aliphatic carbocycles. The van der Waals surface area contributed by atoms with Crippen molar-refractivity contribution in [1.29, 1.82) is 0 Å². The molecule has 19 heavy (non-hydrogen) atoms. The summed E-state index contributed by atoms with van der Waals surface area (Å²) in [5.74, 6) is -1.16. The standard InChI is InChI=1S/C14H17NO4/c1-2-15(9-10-16)14(19)12-6-3-11(4-7-12)5-8-13(17)18/h3-8,16H,2,9-10H2,1H3,(H,17,18)/b8-5+. The molecule has 1 aromatic carbocycles. The molecule has 0 aromatic heterocycles. The number of aliphatic carboxylic acids is 1. The van der Waals surface area contributed by atoms with E-state index in [4.69, 9.17) is 10.2 Å². The normalized spacial score (nSPS) is 10.6. The molecule has 0 heterocycles. The van der Waals surface area contributed by atoms with E-state index < -0.39 is 5.97 Å². The Kier molecular flexibility index (Phi) is 5.75. The summed E-state index contributed by atoms with van der Waals surface area (Å²) < 4.78 is 0. The van der Waals surface area contributed by atoms with Crippen molar-refractivity contribution in [1.82, 2.24) is 4.90 Å². The molecular weight excluding hydrogens is 246 g/mol. The first-order chi connectivity index (χ1) is 9.08. The number of benzene rings is 1. The van der Waals surface area contributed by atoms with E-state index in [9.17, 15) is 9.59 Å². The van der Waals surface area contributed by atoms with Crippen LogP contribution < -0.4 is 0 Å². The van der Waals surface area contributed by atoms with Crippen molar-refractivity contribution in [3.05, 3.63) is 41.5 Å². The summed E-state index contributed by atoms with van der Waals surface area (Å²) in [4.78, 5) is 24.0. The molecule has 1 aromatic rings. The second kappa shape index (κ2) is 7.33. The van der Waals surface area contributed by atoms with Gasteiger partial charge in [0.2, 0.25) is 0 Å². The number of hydrogen-bond acceptors (Lipinski definition) is 3. The summed E-state index contributed by atoms with van der Waals surface area (Å²) in [6.45, 7) is 2.60. The van der Waals surface area contributed by atoms with Gasteiger partial charge in [0, 0.05) is 24.7 Å². The molecule has 0 aliphatic rings. The van der Waals surface area contributed by atoms with Gasteiger partial charge in [-0.05, 0) is 30.7 Å². The van der Waals surface area contributed by atoms with E-state index in [1.807, 2.05) is 6.92 Å². The smallest absolute Gasteiger partial charge is 0.328 e. The van der Waals surface area contributed by atoms with Crippen LogP contribution in [-0.4, -0.2) is 46.7 Å². The number of carboxylic acid groups (broad SMARTS) is 1. The van der Waals surface area contributed by atoms with Gasteiger partial charge in [-0.15, -0.1) is 0 Å². The molecule has 0 aliphatic heterocycles. The summed E-state index contributed by atoms with van der Waals surface area (Å²) >= 11 is 0. The number of aliphatic hydroxyl groups is 1. The van der Waals surface area contributed by atoms with Crippen LogP contribution in [0.4, 0.5) is 0 Å². The molecule has 0 unspecified atom stereocenters. The lowest BCUT2D eigenvalue weighted by atomic mass is 10.1. The maximum atomic E-state index is 12.0. The number of nitrogens with zero attached hydrogens (tertiary/aromatic N) is 1. The van der Waals surface area contributed by atoms with Crippen molar-refractivity contribution >= 4 is 18.0 Å². The molecule has 1 rings (SSSR count). The molecule has 0 spiro atoms. The van der Waals surface area contributed by atoms with Crippen molar-refractivity contribution in [2.45, 2.75) is 6.92 Å². The van der Waals surface area contributed by atoms with E-state index in [-0.39, 0.29) is 12.5 Å². The first-order valence-electron chi connectivity index (χ1n) is 5.99. The highest BCUT2D eigenvalue weighted by Gasteiger charge is 2.12. The Labute approximate surface area is 111 Å². The number of hydrogen-bond donors (Lipinski definition) is 2. The van der Waals surface area contributed by atoms with E-state index in [1.165, 1.54) is 6.08 Å². The van der Waals surface area contributed by atoms with Crippen LogP contribution in [0, 0.1) is 0 Å². The molecule has 5 heteroatoms. The maximum Gasteiger partial charge on any atom is 0.328 e. The molecule has 0 saturated heterocycles. The number of rotatable bonds is 6. The van der Waals surface area contributed by atoms with Crippen molar-refractivity contribution in [3.8, 4) is 0 Å². The Hall–Kier alpha value is -2.14. The highest BCUT2D eigenvalue weighted by atomic mass is 16.4. The second-order valence-corrected chi connectivity index (χ2v) is 3.90. The third kappa shape index (κ3) is 4.56. The number of amides is 1. The van der Waals surface area contributed by atoms with Crippen LogP contribution in [0.1, 0.15) is 22.8 Å². The third-order valence-corrected chi connectivity index (χ3v) is 2.61. The van der Waals surface area contributed by atoms with Gasteiger partial charge in [-0.3, -0.25) is 4.79 Å². The Morgan fingerprint density at radius 1 is 1.26 bits per heavy atom. The fourth-order valence-electron chi connectivity index (χ4n) is 1.61. The SMILES string of the molecule is CCN(CCO)C(=O)c1ccc(/C=C/C(=O)O)cc1. The van der Waals surface area contributed by atoms with Crippen LogP contribution in [-0.2, 0) is 4.79 Å². The number of carboxylic acids is 1. The lowest BCUT2D eigenvalue weighted by Crippen LogP contribution is -2.33. The molecule has 0 bridgehead atoms. The summed E-state index contributed by atoms with van der Waals surface area (Å²) in [6, 6.07) is 6.65. The van der Waals surface area contributed by atoms with Gasteiger partial charge in [-0.2, -0.15) is 0 Å². The first-order valence-corrected chi connectivity index (χ1v) is 5.99. The van der Waals surface area contributed by atoms with E-state index in [0.717, 1.165) is 6.08 Å². The average molecular weight is 263 g/mol. The zero-order valence-corrected chi connectivity index (χ0v) is 10.7. The summed E-state index contributed by atoms with van der Waals surface area (Å²) in [5.41, 5.74) is 1.23. The molecule has 102 valence electrons. The predicted molar refractivity (Wildman–Crippen MR) is 71.8 cm³/mol. The van der Waals surface area contributed by atoms with Gasteiger partial charge < -0.3 is 15.1 Å². The summed E-state index contributed by atoms with van der Waals surface area (Å²) in [7, 11) is 0. The fraction of sp³-hybridized carbons (Fsp3) is 0.286. The van der Waals surface area contributed by atoms with Gasteiger partial charge in [-0.25, -0.2) is 4.79 Å². The number of carbonyl (C=O) groups is 2. The topological polar surface area (TPSA) is 77.8 Å². The Balaban J connectivity index is 2.80. The van der Waals surface area contributed by atoms with Crippen molar-refractivity contribution < 1.29 is 19.8 Å². The summed E-state index contributed by atoms with van der Waals surface area (Å²) in [5, 5.41) is 17.4. The third-order valence-electron chi connectivity index (χ3n) is 2.61. The Morgan fingerprint density at radius 2 is 1.89 bits per heavy atom. The van der Waals surface area contributed by atoms with Gasteiger partial charge in [-0.1, -0.05) is 12.1 Å². The first kappa shape index (κ1) is 14.9. The van der Waals surface area contributed by atoms with Crippen LogP contribution in [0.25, 0.3) is 6.08 Å². The number of aliphatic hydroxyl groups excluding tert-OH is 1. The van der Waals surface area contributed by atoms with Gasteiger partial charge in [0.05, 0.1) is 6.61 Å². The van der Waals surface area contributed by atoms with Crippen LogP contribution >= 0.6 is 0 Å². The highest BCUT2D eigenvalue weighted by molar-refractivity contribution is 5.94. The quantitative estimate of drug-likeness (QED) is 0.757. The minimum Gasteiger partial charge on any atom is -0.478 e. The minimum atomic E-state index is -1.01. The molecule has 0 atom stereocenters. The second-order valence-electron chi connectivity index (χ2n) is 3.90. The molecule has 5 nitrogen and oxygen atoms in total. The molecule has 0 fully saturated rings. The van der Waals surface area contributed by atoms with E-state index in [2.05, 4.69) is 0 Å². The van der Waals surface area contributed by atoms with Gasteiger partial charge >= 0.3 is 5.97 Å². The van der Waals surface area contributed by atoms with Gasteiger partial charge in [0.25, 0.3) is 5.91 Å². The maximum absolute atomic E-state index is 12.0. The lowest BCUT2D eigenvalue weighted by molar-refractivity contribution is -0.131. The van der Waals surface area contributed by atoms with Gasteiger partial charge in [0.15, 0.2) is 0 Å². The summed E-state index contributed by atoms with van der Waals surface area (Å²) in [6.07, 6.45) is 2.50. The largest absolute Gasteiger partial charge is 0.478 e. The Morgan fingerprint density at radius 3 is 2.37 bits per heavy atom. The molecular formula is C14H17NO4. The van der Waals surface area contributed by atoms with Gasteiger partial charge in [0.1, 0.15) is 0 Å². The van der Waals surface area contributed by atoms with Crippen LogP contribution in [0.2, 0.25) is 0 Å². The van der Waals surface area contributed by atoms with Crippen molar-refractivity contribution in [3.63, 3.8) is 0 Å². The van der Waals surface area contributed by atoms with Crippen LogP contribution in [0.5, 0.6) is 0 Å². The van der Waals surface area contributed by atoms with Crippen LogP contribution in [0.15, 0.2) is 30.3 Å². The molecule has 0 saturated carbocycles. The monoisotopic (exact) mass is 263 g/mol. The lowest BCUT2D eigenvalue weighted by Gasteiger charge is -2.19. The van der Waals surface area contributed by atoms with Crippen molar-refractivity contribution in [2.75, 3.05) is 19.7 Å². The number of carbonyl (C=O) groups excluding carboxylic acids is 1. The van der Waals surface area contributed by atoms with E-state index in [0.29, 0.717) is 24.2 Å².